The lowest BCUT2D eigenvalue weighted by Crippen LogP contribution is -2.25. The summed E-state index contributed by atoms with van der Waals surface area (Å²) in [5.74, 6) is 0.412. The van der Waals surface area contributed by atoms with Gasteiger partial charge in [-0.05, 0) is 23.7 Å². The molecule has 0 radical (unpaired) electrons. The number of benzene rings is 1. The fraction of sp³-hybridized carbons (Fsp3) is 0.300. The van der Waals surface area contributed by atoms with Crippen LogP contribution in [-0.2, 0) is 0 Å². The second-order valence-corrected chi connectivity index (χ2v) is 2.94. The van der Waals surface area contributed by atoms with Gasteiger partial charge in [-0.15, -0.1) is 0 Å². The van der Waals surface area contributed by atoms with Crippen molar-refractivity contribution in [3.8, 4) is 5.75 Å². The number of amides is 1. The molecule has 1 aromatic carbocycles. The van der Waals surface area contributed by atoms with Crippen molar-refractivity contribution < 1.29 is 9.53 Å². The van der Waals surface area contributed by atoms with Crippen LogP contribution in [0.15, 0.2) is 29.4 Å². The molecule has 0 spiro atoms. The second-order valence-electron chi connectivity index (χ2n) is 2.94. The third-order valence-electron chi connectivity index (χ3n) is 1.89. The largest absolute Gasteiger partial charge is 0.497 e. The zero-order chi connectivity index (χ0) is 11.8. The number of nitrogens with zero attached hydrogens (tertiary/aromatic N) is 3. The Kier molecular flexibility index (Phi) is 4.69. The van der Waals surface area contributed by atoms with E-state index in [1.54, 1.807) is 31.4 Å². The van der Waals surface area contributed by atoms with Crippen molar-refractivity contribution in [2.75, 3.05) is 20.2 Å². The third kappa shape index (κ3) is 3.51. The Bertz CT molecular complexity index is 413. The van der Waals surface area contributed by atoms with Gasteiger partial charge >= 0.3 is 0 Å². The summed E-state index contributed by atoms with van der Waals surface area (Å²) in [6, 6.07) is 6.83. The third-order valence-corrected chi connectivity index (χ3v) is 1.89. The van der Waals surface area contributed by atoms with Crippen molar-refractivity contribution >= 4 is 5.91 Å². The molecular formula is C10H12N4O2. The highest BCUT2D eigenvalue weighted by molar-refractivity contribution is 5.94. The fourth-order valence-electron chi connectivity index (χ4n) is 1.13. The van der Waals surface area contributed by atoms with Crippen LogP contribution in [0.3, 0.4) is 0 Å². The van der Waals surface area contributed by atoms with E-state index in [9.17, 15) is 4.79 Å². The van der Waals surface area contributed by atoms with E-state index >= 15 is 0 Å². The number of hydrogen-bond acceptors (Lipinski definition) is 3. The summed E-state index contributed by atoms with van der Waals surface area (Å²) in [5, 5.41) is 5.94. The normalized spacial score (nSPS) is 9.06. The first kappa shape index (κ1) is 11.9. The van der Waals surface area contributed by atoms with E-state index in [1.165, 1.54) is 0 Å². The van der Waals surface area contributed by atoms with Crippen LogP contribution in [0.1, 0.15) is 10.4 Å². The van der Waals surface area contributed by atoms with Crippen LogP contribution in [0.4, 0.5) is 0 Å². The van der Waals surface area contributed by atoms with E-state index in [1.807, 2.05) is 0 Å². The molecule has 0 fully saturated rings. The molecule has 84 valence electrons. The topological polar surface area (TPSA) is 87.1 Å². The number of methoxy groups -OCH3 is 1. The highest BCUT2D eigenvalue weighted by atomic mass is 16.5. The first-order chi connectivity index (χ1) is 7.77. The van der Waals surface area contributed by atoms with Gasteiger partial charge in [0.05, 0.1) is 7.11 Å². The molecule has 0 aromatic heterocycles. The summed E-state index contributed by atoms with van der Waals surface area (Å²) in [7, 11) is 1.54. The first-order valence-corrected chi connectivity index (χ1v) is 4.71. The summed E-state index contributed by atoms with van der Waals surface area (Å²) in [4.78, 5) is 14.2. The van der Waals surface area contributed by atoms with Crippen molar-refractivity contribution in [2.24, 2.45) is 5.11 Å². The van der Waals surface area contributed by atoms with E-state index in [-0.39, 0.29) is 12.5 Å². The molecule has 6 heteroatoms. The maximum atomic E-state index is 11.6. The number of carbonyl (C=O) groups excluding carboxylic acids is 1. The lowest BCUT2D eigenvalue weighted by atomic mass is 10.2. The SMILES string of the molecule is COc1cccc(C(=O)NCCN=[N+]=[N-])c1. The minimum atomic E-state index is -0.216. The standard InChI is InChI=1S/C10H12N4O2/c1-16-9-4-2-3-8(7-9)10(15)12-5-6-13-14-11/h2-4,7H,5-6H2,1H3,(H,12,15). The van der Waals surface area contributed by atoms with Gasteiger partial charge < -0.3 is 10.1 Å². The zero-order valence-electron chi connectivity index (χ0n) is 8.88. The molecule has 1 aromatic rings. The van der Waals surface area contributed by atoms with Gasteiger partial charge in [-0.25, -0.2) is 0 Å². The highest BCUT2D eigenvalue weighted by Crippen LogP contribution is 2.11. The molecule has 0 unspecified atom stereocenters. The fourth-order valence-corrected chi connectivity index (χ4v) is 1.13. The van der Waals surface area contributed by atoms with E-state index in [4.69, 9.17) is 10.3 Å². The molecule has 1 rings (SSSR count). The van der Waals surface area contributed by atoms with Gasteiger partial charge in [-0.1, -0.05) is 11.2 Å². The minimum absolute atomic E-state index is 0.216. The van der Waals surface area contributed by atoms with Gasteiger partial charge in [-0.3, -0.25) is 4.79 Å². The first-order valence-electron chi connectivity index (χ1n) is 4.71. The van der Waals surface area contributed by atoms with Gasteiger partial charge in [0.2, 0.25) is 0 Å². The number of ether oxygens (including phenoxy) is 1. The molecule has 0 bridgehead atoms. The van der Waals surface area contributed by atoms with E-state index in [0.29, 0.717) is 17.9 Å². The Balaban J connectivity index is 2.55. The summed E-state index contributed by atoms with van der Waals surface area (Å²) >= 11 is 0. The monoisotopic (exact) mass is 220 g/mol. The maximum Gasteiger partial charge on any atom is 0.251 e. The second kappa shape index (κ2) is 6.31. The molecule has 0 saturated carbocycles. The summed E-state index contributed by atoms with van der Waals surface area (Å²) in [6.45, 7) is 0.562. The lowest BCUT2D eigenvalue weighted by molar-refractivity contribution is 0.0954. The van der Waals surface area contributed by atoms with Crippen molar-refractivity contribution in [2.45, 2.75) is 0 Å². The van der Waals surface area contributed by atoms with Crippen molar-refractivity contribution in [1.29, 1.82) is 0 Å². The van der Waals surface area contributed by atoms with Gasteiger partial charge in [0, 0.05) is 23.6 Å². The van der Waals surface area contributed by atoms with E-state index in [2.05, 4.69) is 15.3 Å². The predicted molar refractivity (Wildman–Crippen MR) is 59.3 cm³/mol. The quantitative estimate of drug-likeness (QED) is 0.354. The minimum Gasteiger partial charge on any atom is -0.497 e. The van der Waals surface area contributed by atoms with E-state index in [0.717, 1.165) is 0 Å². The molecule has 0 heterocycles. The average molecular weight is 220 g/mol. The van der Waals surface area contributed by atoms with Crippen LogP contribution < -0.4 is 10.1 Å². The molecular weight excluding hydrogens is 208 g/mol. The van der Waals surface area contributed by atoms with Crippen LogP contribution >= 0.6 is 0 Å². The molecule has 0 atom stereocenters. The maximum absolute atomic E-state index is 11.6. The molecule has 0 aliphatic carbocycles. The van der Waals surface area contributed by atoms with Crippen LogP contribution in [0.5, 0.6) is 5.75 Å². The number of rotatable bonds is 5. The Morgan fingerprint density at radius 1 is 1.62 bits per heavy atom. The number of azide groups is 1. The van der Waals surface area contributed by atoms with Gasteiger partial charge in [0.25, 0.3) is 5.91 Å². The summed E-state index contributed by atoms with van der Waals surface area (Å²) in [6.07, 6.45) is 0. The lowest BCUT2D eigenvalue weighted by Gasteiger charge is -2.04. The average Bonchev–Trinajstić information content (AvgIpc) is 2.34. The van der Waals surface area contributed by atoms with E-state index < -0.39 is 0 Å². The highest BCUT2D eigenvalue weighted by Gasteiger charge is 2.04. The van der Waals surface area contributed by atoms with Crippen molar-refractivity contribution in [1.82, 2.24) is 5.32 Å². The number of hydrogen-bond donors (Lipinski definition) is 1. The smallest absolute Gasteiger partial charge is 0.251 e. The Labute approximate surface area is 92.8 Å². The molecule has 16 heavy (non-hydrogen) atoms. The van der Waals surface area contributed by atoms with Gasteiger partial charge in [0.1, 0.15) is 5.75 Å². The predicted octanol–water partition coefficient (Wildman–Crippen LogP) is 1.74. The van der Waals surface area contributed by atoms with Gasteiger partial charge in [0.15, 0.2) is 0 Å². The summed E-state index contributed by atoms with van der Waals surface area (Å²) in [5.41, 5.74) is 8.56. The Morgan fingerprint density at radius 2 is 2.44 bits per heavy atom. The zero-order valence-corrected chi connectivity index (χ0v) is 8.88. The molecule has 1 N–H and O–H groups in total. The van der Waals surface area contributed by atoms with Gasteiger partial charge in [-0.2, -0.15) is 0 Å². The molecule has 0 aliphatic rings. The van der Waals surface area contributed by atoms with Crippen LogP contribution in [0.25, 0.3) is 10.4 Å². The molecule has 0 aliphatic heterocycles. The van der Waals surface area contributed by atoms with Crippen LogP contribution in [-0.4, -0.2) is 26.1 Å². The van der Waals surface area contributed by atoms with Crippen LogP contribution in [0.2, 0.25) is 0 Å². The number of carbonyl (C=O) groups is 1. The van der Waals surface area contributed by atoms with Crippen LogP contribution in [0, 0.1) is 0 Å². The van der Waals surface area contributed by atoms with Crippen molar-refractivity contribution in [3.05, 3.63) is 40.3 Å². The number of nitrogens with one attached hydrogen (secondary N) is 1. The Hall–Kier alpha value is -2.20. The molecule has 1 amide bonds. The summed E-state index contributed by atoms with van der Waals surface area (Å²) < 4.78 is 5.00. The Morgan fingerprint density at radius 3 is 3.12 bits per heavy atom. The molecule has 6 nitrogen and oxygen atoms in total. The van der Waals surface area contributed by atoms with Crippen molar-refractivity contribution in [3.63, 3.8) is 0 Å². The molecule has 0 saturated heterocycles.